The van der Waals surface area contributed by atoms with Crippen LogP contribution in [0.25, 0.3) is 0 Å². The van der Waals surface area contributed by atoms with Crippen molar-refractivity contribution in [1.82, 2.24) is 19.9 Å². The normalized spacial score (nSPS) is 15.1. The molecular weight excluding hydrogens is 444 g/mol. The Bertz CT molecular complexity index is 1300. The summed E-state index contributed by atoms with van der Waals surface area (Å²) in [5, 5.41) is -0.150. The van der Waals surface area contributed by atoms with Gasteiger partial charge in [0, 0.05) is 55.1 Å². The summed E-state index contributed by atoms with van der Waals surface area (Å²) in [5.41, 5.74) is 2.62. The first-order valence-electron chi connectivity index (χ1n) is 9.16. The van der Waals surface area contributed by atoms with E-state index in [1.165, 1.54) is 11.3 Å². The average molecular weight is 465 g/mol. The monoisotopic (exact) mass is 464 g/mol. The van der Waals surface area contributed by atoms with Crippen LogP contribution in [0.5, 0.6) is 0 Å². The van der Waals surface area contributed by atoms with E-state index in [0.29, 0.717) is 26.1 Å². The van der Waals surface area contributed by atoms with Gasteiger partial charge in [-0.15, -0.1) is 11.3 Å². The molecule has 1 aromatic carbocycles. The zero-order valence-electron chi connectivity index (χ0n) is 16.4. The molecule has 0 unspecified atom stereocenters. The topological polar surface area (TPSA) is 110 Å². The predicted molar refractivity (Wildman–Crippen MR) is 112 cm³/mol. The smallest absolute Gasteiger partial charge is 0.246 e. The molecule has 11 heteroatoms. The Balaban J connectivity index is 1.49. The molecule has 0 radical (unpaired) electrons. The molecule has 3 aromatic rings. The maximum atomic E-state index is 12.8. The third-order valence-electron chi connectivity index (χ3n) is 4.80. The average Bonchev–Trinajstić information content (AvgIpc) is 3.16. The highest BCUT2D eigenvalue weighted by Crippen LogP contribution is 2.27. The number of sulfone groups is 2. The van der Waals surface area contributed by atoms with E-state index < -0.39 is 19.7 Å². The fourth-order valence-corrected chi connectivity index (χ4v) is 6.33. The Morgan fingerprint density at radius 3 is 2.50 bits per heavy atom. The number of rotatable bonds is 5. The van der Waals surface area contributed by atoms with E-state index in [1.54, 1.807) is 36.7 Å². The molecule has 3 heterocycles. The van der Waals surface area contributed by atoms with E-state index in [0.717, 1.165) is 28.0 Å². The Labute approximate surface area is 179 Å². The van der Waals surface area contributed by atoms with Crippen molar-refractivity contribution in [1.29, 1.82) is 0 Å². The third-order valence-corrected chi connectivity index (χ3v) is 8.80. The van der Waals surface area contributed by atoms with E-state index in [2.05, 4.69) is 19.9 Å². The summed E-state index contributed by atoms with van der Waals surface area (Å²) in [5.74, 6) is 0. The van der Waals surface area contributed by atoms with Crippen LogP contribution in [0.1, 0.15) is 21.7 Å². The zero-order valence-corrected chi connectivity index (χ0v) is 18.9. The van der Waals surface area contributed by atoms with Crippen molar-refractivity contribution >= 4 is 31.0 Å². The van der Waals surface area contributed by atoms with E-state index in [9.17, 15) is 16.8 Å². The molecule has 1 aliphatic rings. The van der Waals surface area contributed by atoms with Gasteiger partial charge < -0.3 is 0 Å². The van der Waals surface area contributed by atoms with Gasteiger partial charge in [0.2, 0.25) is 29.2 Å². The Morgan fingerprint density at radius 1 is 1.07 bits per heavy atom. The Morgan fingerprint density at radius 2 is 1.80 bits per heavy atom. The van der Waals surface area contributed by atoms with E-state index in [-0.39, 0.29) is 14.4 Å². The second-order valence-corrected chi connectivity index (χ2v) is 12.4. The molecule has 30 heavy (non-hydrogen) atoms. The van der Waals surface area contributed by atoms with Crippen LogP contribution in [0.4, 0.5) is 0 Å². The van der Waals surface area contributed by atoms with Gasteiger partial charge in [-0.05, 0) is 19.1 Å². The molecule has 0 bridgehead atoms. The highest BCUT2D eigenvalue weighted by atomic mass is 32.2. The minimum atomic E-state index is -3.63. The fraction of sp³-hybridized carbons (Fsp3) is 0.316. The van der Waals surface area contributed by atoms with E-state index in [4.69, 9.17) is 0 Å². The van der Waals surface area contributed by atoms with Crippen LogP contribution in [0.15, 0.2) is 51.1 Å². The third kappa shape index (κ3) is 4.29. The molecule has 2 aromatic heterocycles. The van der Waals surface area contributed by atoms with Crippen LogP contribution in [-0.4, -0.2) is 49.5 Å². The molecule has 0 N–H and O–H groups in total. The molecular formula is C19H20N4O4S3. The number of fused-ring (bicyclic) bond motifs is 1. The number of hydrogen-bond acceptors (Lipinski definition) is 9. The van der Waals surface area contributed by atoms with Crippen LogP contribution in [-0.2, 0) is 39.2 Å². The van der Waals surface area contributed by atoms with Crippen LogP contribution < -0.4 is 0 Å². The van der Waals surface area contributed by atoms with Crippen molar-refractivity contribution < 1.29 is 16.8 Å². The van der Waals surface area contributed by atoms with Crippen LogP contribution in [0.2, 0.25) is 0 Å². The van der Waals surface area contributed by atoms with Gasteiger partial charge in [0.25, 0.3) is 0 Å². The standard InChI is InChI=1S/C19H20N4O4S3/c1-13-3-5-16(6-4-13)30(26,27)19-21-10-15(28-19)12-23-8-7-17-14(11-23)9-20-18(22-17)29(2,24)25/h3-6,9-10H,7-8,11-12H2,1-2H3. The van der Waals surface area contributed by atoms with Gasteiger partial charge in [-0.3, -0.25) is 4.90 Å². The highest BCUT2D eigenvalue weighted by molar-refractivity contribution is 7.93. The summed E-state index contributed by atoms with van der Waals surface area (Å²) in [6, 6.07) is 6.73. The first kappa shape index (κ1) is 21.0. The number of aryl methyl sites for hydroxylation is 1. The lowest BCUT2D eigenvalue weighted by Gasteiger charge is -2.27. The van der Waals surface area contributed by atoms with Crippen molar-refractivity contribution in [3.8, 4) is 0 Å². The Hall–Kier alpha value is -2.21. The number of nitrogens with zero attached hydrogens (tertiary/aromatic N) is 4. The second-order valence-electron chi connectivity index (χ2n) is 7.27. The van der Waals surface area contributed by atoms with Gasteiger partial charge in [0.05, 0.1) is 10.6 Å². The number of thiazole rings is 1. The van der Waals surface area contributed by atoms with Crippen molar-refractivity contribution in [2.75, 3.05) is 12.8 Å². The lowest BCUT2D eigenvalue weighted by Crippen LogP contribution is -2.31. The number of hydrogen-bond donors (Lipinski definition) is 0. The largest absolute Gasteiger partial charge is 0.293 e. The van der Waals surface area contributed by atoms with Crippen molar-refractivity contribution in [2.45, 2.75) is 40.8 Å². The highest BCUT2D eigenvalue weighted by Gasteiger charge is 2.24. The molecule has 0 saturated carbocycles. The summed E-state index contributed by atoms with van der Waals surface area (Å²) in [7, 11) is -7.07. The van der Waals surface area contributed by atoms with Crippen molar-refractivity contribution in [3.63, 3.8) is 0 Å². The summed E-state index contributed by atoms with van der Waals surface area (Å²) >= 11 is 1.17. The quantitative estimate of drug-likeness (QED) is 0.528. The molecule has 0 atom stereocenters. The van der Waals surface area contributed by atoms with Crippen molar-refractivity contribution in [2.24, 2.45) is 0 Å². The number of benzene rings is 1. The summed E-state index contributed by atoms with van der Waals surface area (Å²) in [4.78, 5) is 15.5. The SMILES string of the molecule is Cc1ccc(S(=O)(=O)c2ncc(CN3CCc4nc(S(C)(=O)=O)ncc4C3)s2)cc1. The number of aromatic nitrogens is 3. The van der Waals surface area contributed by atoms with Crippen LogP contribution in [0.3, 0.4) is 0 Å². The van der Waals surface area contributed by atoms with E-state index in [1.807, 2.05) is 6.92 Å². The van der Waals surface area contributed by atoms with Gasteiger partial charge in [-0.1, -0.05) is 17.7 Å². The predicted octanol–water partition coefficient (Wildman–Crippen LogP) is 2.04. The lowest BCUT2D eigenvalue weighted by molar-refractivity contribution is 0.244. The first-order valence-corrected chi connectivity index (χ1v) is 13.4. The fourth-order valence-electron chi connectivity index (χ4n) is 3.20. The molecule has 0 aliphatic carbocycles. The van der Waals surface area contributed by atoms with Gasteiger partial charge in [-0.25, -0.2) is 31.8 Å². The molecule has 0 saturated heterocycles. The van der Waals surface area contributed by atoms with Crippen molar-refractivity contribution in [3.05, 3.63) is 58.4 Å². The zero-order chi connectivity index (χ0) is 21.5. The Kier molecular flexibility index (Phi) is 5.47. The molecule has 0 spiro atoms. The van der Waals surface area contributed by atoms with Gasteiger partial charge in [-0.2, -0.15) is 0 Å². The van der Waals surface area contributed by atoms with Crippen LogP contribution in [0, 0.1) is 6.92 Å². The van der Waals surface area contributed by atoms with E-state index >= 15 is 0 Å². The van der Waals surface area contributed by atoms with Gasteiger partial charge in [0.15, 0.2) is 0 Å². The molecule has 4 rings (SSSR count). The van der Waals surface area contributed by atoms with Gasteiger partial charge >= 0.3 is 0 Å². The first-order chi connectivity index (χ1) is 14.1. The minimum absolute atomic E-state index is 0.0832. The minimum Gasteiger partial charge on any atom is -0.293 e. The summed E-state index contributed by atoms with van der Waals surface area (Å²) in [6.07, 6.45) is 4.86. The second kappa shape index (κ2) is 7.80. The molecule has 158 valence electrons. The maximum absolute atomic E-state index is 12.8. The van der Waals surface area contributed by atoms with Gasteiger partial charge in [0.1, 0.15) is 0 Å². The van der Waals surface area contributed by atoms with Crippen LogP contribution >= 0.6 is 11.3 Å². The lowest BCUT2D eigenvalue weighted by atomic mass is 10.1. The maximum Gasteiger partial charge on any atom is 0.246 e. The summed E-state index contributed by atoms with van der Waals surface area (Å²) in [6.45, 7) is 3.71. The molecule has 1 aliphatic heterocycles. The molecule has 8 nitrogen and oxygen atoms in total. The molecule has 0 amide bonds. The molecule has 0 fully saturated rings. The summed E-state index contributed by atoms with van der Waals surface area (Å²) < 4.78 is 48.9.